The summed E-state index contributed by atoms with van der Waals surface area (Å²) in [5.41, 5.74) is 4.27. The number of fused-ring (bicyclic) bond motifs is 1. The molecule has 0 atom stereocenters. The Morgan fingerprint density at radius 2 is 1.68 bits per heavy atom. The van der Waals surface area contributed by atoms with Crippen molar-refractivity contribution >= 4 is 56.4 Å². The van der Waals surface area contributed by atoms with Crippen LogP contribution < -0.4 is 15.8 Å². The van der Waals surface area contributed by atoms with Gasteiger partial charge in [-0.2, -0.15) is 13.2 Å². The fourth-order valence-electron chi connectivity index (χ4n) is 3.81. The van der Waals surface area contributed by atoms with Gasteiger partial charge in [-0.25, -0.2) is 4.98 Å². The van der Waals surface area contributed by atoms with Crippen LogP contribution in [0, 0.1) is 0 Å². The monoisotopic (exact) mass is 559 g/mol. The quantitative estimate of drug-likeness (QED) is 0.210. The number of hydrogen-bond donors (Lipinski definition) is 2. The summed E-state index contributed by atoms with van der Waals surface area (Å²) in [6.45, 7) is 0. The summed E-state index contributed by atoms with van der Waals surface area (Å²) in [7, 11) is 0. The molecule has 5 rings (SSSR count). The molecule has 3 aromatic carbocycles. The van der Waals surface area contributed by atoms with Gasteiger partial charge in [0.05, 0.1) is 20.8 Å². The number of thiazole rings is 1. The minimum absolute atomic E-state index is 0.0172. The van der Waals surface area contributed by atoms with Gasteiger partial charge in [-0.15, -0.1) is 11.3 Å². The van der Waals surface area contributed by atoms with Crippen LogP contribution in [-0.4, -0.2) is 22.6 Å². The molecule has 7 nitrogen and oxygen atoms in total. The number of nitrogens with zero attached hydrogens (tertiary/aromatic N) is 1. The van der Waals surface area contributed by atoms with Gasteiger partial charge in [0.2, 0.25) is 5.91 Å². The molecule has 38 heavy (non-hydrogen) atoms. The third kappa shape index (κ3) is 4.94. The zero-order valence-corrected chi connectivity index (χ0v) is 20.8. The number of benzene rings is 3. The number of halogens is 4. The van der Waals surface area contributed by atoms with Crippen molar-refractivity contribution in [1.29, 1.82) is 0 Å². The molecule has 4 aromatic rings. The Labute approximate surface area is 222 Å². The highest BCUT2D eigenvalue weighted by Gasteiger charge is 2.52. The standard InChI is InChI=1S/C26H17ClF3N3O4S/c27-18-7-3-14(11-17(18)26(28,29)30)32-22(35)21(34)13-1-4-15(5-2-13)37-16-6-8-19-20(12-16)38-24(33-19)25(9-10-25)23(31)36/h1-8,11-12H,9-10H2,(H2,31,36)(H,32,35). The van der Waals surface area contributed by atoms with E-state index < -0.39 is 33.9 Å². The lowest BCUT2D eigenvalue weighted by Gasteiger charge is -2.11. The lowest BCUT2D eigenvalue weighted by molar-refractivity contribution is -0.137. The van der Waals surface area contributed by atoms with Crippen LogP contribution in [0.2, 0.25) is 5.02 Å². The highest BCUT2D eigenvalue weighted by atomic mass is 35.5. The lowest BCUT2D eigenvalue weighted by atomic mass is 10.1. The highest BCUT2D eigenvalue weighted by molar-refractivity contribution is 7.18. The van der Waals surface area contributed by atoms with Gasteiger partial charge in [0.15, 0.2) is 0 Å². The molecule has 1 aromatic heterocycles. The molecule has 1 fully saturated rings. The highest BCUT2D eigenvalue weighted by Crippen LogP contribution is 2.50. The van der Waals surface area contributed by atoms with E-state index in [9.17, 15) is 27.6 Å². The van der Waals surface area contributed by atoms with Crippen LogP contribution in [0.25, 0.3) is 10.2 Å². The number of rotatable bonds is 7. The zero-order chi connectivity index (χ0) is 27.2. The molecule has 0 saturated heterocycles. The molecule has 12 heteroatoms. The molecule has 194 valence electrons. The van der Waals surface area contributed by atoms with Crippen molar-refractivity contribution in [3.63, 3.8) is 0 Å². The molecule has 1 aliphatic rings. The van der Waals surface area contributed by atoms with Crippen LogP contribution in [0.5, 0.6) is 11.5 Å². The zero-order valence-electron chi connectivity index (χ0n) is 19.3. The second-order valence-corrected chi connectivity index (χ2v) is 10.1. The number of ether oxygens (including phenoxy) is 1. The Bertz CT molecular complexity index is 1600. The maximum Gasteiger partial charge on any atom is 0.417 e. The first-order chi connectivity index (χ1) is 18.0. The number of carbonyl (C=O) groups is 3. The number of aromatic nitrogens is 1. The lowest BCUT2D eigenvalue weighted by Crippen LogP contribution is -2.28. The molecular formula is C26H17ClF3N3O4S. The molecule has 0 bridgehead atoms. The minimum Gasteiger partial charge on any atom is -0.457 e. The number of anilines is 1. The van der Waals surface area contributed by atoms with Crippen molar-refractivity contribution in [2.45, 2.75) is 24.4 Å². The summed E-state index contributed by atoms with van der Waals surface area (Å²) in [5, 5.41) is 2.33. The van der Waals surface area contributed by atoms with Gasteiger partial charge in [0.1, 0.15) is 21.9 Å². The predicted molar refractivity (Wildman–Crippen MR) is 136 cm³/mol. The summed E-state index contributed by atoms with van der Waals surface area (Å²) < 4.78 is 45.8. The molecule has 1 aliphatic carbocycles. The van der Waals surface area contributed by atoms with E-state index in [2.05, 4.69) is 10.3 Å². The normalized spacial score (nSPS) is 14.2. The smallest absolute Gasteiger partial charge is 0.417 e. The Balaban J connectivity index is 1.26. The SMILES string of the molecule is NC(=O)C1(c2nc3ccc(Oc4ccc(C(=O)C(=O)Nc5ccc(Cl)c(C(F)(F)F)c5)cc4)cc3s2)CC1. The number of carbonyl (C=O) groups excluding carboxylic acids is 3. The van der Waals surface area contributed by atoms with E-state index in [0.717, 1.165) is 16.3 Å². The first-order valence-electron chi connectivity index (χ1n) is 11.2. The van der Waals surface area contributed by atoms with Crippen LogP contribution in [-0.2, 0) is 21.2 Å². The molecule has 0 radical (unpaired) electrons. The van der Waals surface area contributed by atoms with E-state index in [1.807, 2.05) is 0 Å². The van der Waals surface area contributed by atoms with E-state index in [0.29, 0.717) is 35.4 Å². The van der Waals surface area contributed by atoms with Gasteiger partial charge in [-0.3, -0.25) is 14.4 Å². The summed E-state index contributed by atoms with van der Waals surface area (Å²) in [5.74, 6) is -1.55. The second kappa shape index (κ2) is 9.41. The van der Waals surface area contributed by atoms with E-state index in [1.54, 1.807) is 18.2 Å². The fourth-order valence-corrected chi connectivity index (χ4v) is 5.28. The molecule has 1 heterocycles. The summed E-state index contributed by atoms with van der Waals surface area (Å²) in [6, 6.07) is 13.8. The molecule has 0 aliphatic heterocycles. The maximum absolute atomic E-state index is 13.0. The third-order valence-corrected chi connectivity index (χ3v) is 7.63. The fraction of sp³-hybridized carbons (Fsp3) is 0.154. The number of alkyl halides is 3. The number of Topliss-reactive ketones (excluding diaryl/α,β-unsaturated/α-hetero) is 1. The number of nitrogens with two attached hydrogens (primary N) is 1. The summed E-state index contributed by atoms with van der Waals surface area (Å²) in [6.07, 6.45) is -3.35. The van der Waals surface area contributed by atoms with E-state index >= 15 is 0 Å². The Kier molecular flexibility index (Phi) is 6.36. The molecule has 0 unspecified atom stereocenters. The van der Waals surface area contributed by atoms with Crippen molar-refractivity contribution in [3.8, 4) is 11.5 Å². The van der Waals surface area contributed by atoms with Gasteiger partial charge < -0.3 is 15.8 Å². The van der Waals surface area contributed by atoms with Crippen LogP contribution in [0.1, 0.15) is 33.8 Å². The molecular weight excluding hydrogens is 543 g/mol. The Morgan fingerprint density at radius 1 is 1.00 bits per heavy atom. The van der Waals surface area contributed by atoms with E-state index in [1.165, 1.54) is 41.7 Å². The molecule has 2 amide bonds. The average molecular weight is 560 g/mol. The largest absolute Gasteiger partial charge is 0.457 e. The van der Waals surface area contributed by atoms with Crippen LogP contribution in [0.3, 0.4) is 0 Å². The Morgan fingerprint density at radius 3 is 2.32 bits per heavy atom. The first kappa shape index (κ1) is 25.7. The number of nitrogens with one attached hydrogen (secondary N) is 1. The summed E-state index contributed by atoms with van der Waals surface area (Å²) >= 11 is 6.96. The van der Waals surface area contributed by atoms with Crippen molar-refractivity contribution in [2.24, 2.45) is 5.73 Å². The van der Waals surface area contributed by atoms with Crippen molar-refractivity contribution in [1.82, 2.24) is 4.98 Å². The minimum atomic E-state index is -4.71. The first-order valence-corrected chi connectivity index (χ1v) is 12.4. The Hall–Kier alpha value is -3.96. The maximum atomic E-state index is 13.0. The third-order valence-electron chi connectivity index (χ3n) is 6.08. The second-order valence-electron chi connectivity index (χ2n) is 8.70. The van der Waals surface area contributed by atoms with E-state index in [4.69, 9.17) is 22.1 Å². The number of amides is 2. The van der Waals surface area contributed by atoms with E-state index in [-0.39, 0.29) is 17.2 Å². The van der Waals surface area contributed by atoms with Gasteiger partial charge in [-0.05, 0) is 67.4 Å². The summed E-state index contributed by atoms with van der Waals surface area (Å²) in [4.78, 5) is 41.2. The van der Waals surface area contributed by atoms with Gasteiger partial charge in [0, 0.05) is 17.3 Å². The van der Waals surface area contributed by atoms with Crippen LogP contribution in [0.15, 0.2) is 60.7 Å². The van der Waals surface area contributed by atoms with Gasteiger partial charge >= 0.3 is 6.18 Å². The van der Waals surface area contributed by atoms with Crippen LogP contribution >= 0.6 is 22.9 Å². The number of hydrogen-bond acceptors (Lipinski definition) is 6. The number of primary amides is 1. The molecule has 1 saturated carbocycles. The predicted octanol–water partition coefficient (Wildman–Crippen LogP) is 6.10. The average Bonchev–Trinajstić information content (AvgIpc) is 3.58. The van der Waals surface area contributed by atoms with Crippen molar-refractivity contribution < 1.29 is 32.3 Å². The molecule has 3 N–H and O–H groups in total. The van der Waals surface area contributed by atoms with Gasteiger partial charge in [0.25, 0.3) is 11.7 Å². The van der Waals surface area contributed by atoms with Gasteiger partial charge in [-0.1, -0.05) is 11.6 Å². The van der Waals surface area contributed by atoms with Crippen LogP contribution in [0.4, 0.5) is 18.9 Å². The van der Waals surface area contributed by atoms with Crippen molar-refractivity contribution in [2.75, 3.05) is 5.32 Å². The topological polar surface area (TPSA) is 111 Å². The number of ketones is 1. The van der Waals surface area contributed by atoms with Crippen molar-refractivity contribution in [3.05, 3.63) is 81.8 Å². The molecule has 0 spiro atoms.